The van der Waals surface area contributed by atoms with Crippen molar-refractivity contribution in [3.63, 3.8) is 0 Å². The molecule has 0 spiro atoms. The number of benzene rings is 3. The third kappa shape index (κ3) is 5.32. The highest BCUT2D eigenvalue weighted by Gasteiger charge is 2.45. The molecule has 1 aliphatic rings. The summed E-state index contributed by atoms with van der Waals surface area (Å²) < 4.78 is 10.4. The summed E-state index contributed by atoms with van der Waals surface area (Å²) in [6, 6.07) is 23.2. The lowest BCUT2D eigenvalue weighted by atomic mass is 9.55. The van der Waals surface area contributed by atoms with Crippen LogP contribution in [-0.4, -0.2) is 19.0 Å². The van der Waals surface area contributed by atoms with Crippen molar-refractivity contribution < 1.29 is 19.1 Å². The zero-order valence-electron chi connectivity index (χ0n) is 21.3. The minimum Gasteiger partial charge on any atom is -0.465 e. The van der Waals surface area contributed by atoms with Gasteiger partial charge in [-0.1, -0.05) is 68.8 Å². The van der Waals surface area contributed by atoms with Crippen molar-refractivity contribution in [1.82, 2.24) is 0 Å². The summed E-state index contributed by atoms with van der Waals surface area (Å²) >= 11 is 0. The van der Waals surface area contributed by atoms with Crippen molar-refractivity contribution in [2.45, 2.75) is 52.4 Å². The zero-order chi connectivity index (χ0) is 25.2. The predicted molar refractivity (Wildman–Crippen MR) is 138 cm³/mol. The molecule has 1 aliphatic carbocycles. The Bertz CT molecular complexity index is 1210. The number of methoxy groups -OCH3 is 1. The van der Waals surface area contributed by atoms with E-state index in [1.807, 2.05) is 12.1 Å². The Morgan fingerprint density at radius 1 is 0.829 bits per heavy atom. The van der Waals surface area contributed by atoms with Crippen LogP contribution in [0.15, 0.2) is 72.8 Å². The highest BCUT2D eigenvalue weighted by Crippen LogP contribution is 2.53. The average molecular weight is 471 g/mol. The van der Waals surface area contributed by atoms with E-state index in [1.165, 1.54) is 36.3 Å². The lowest BCUT2D eigenvalue weighted by molar-refractivity contribution is 0.0600. The summed E-state index contributed by atoms with van der Waals surface area (Å²) in [6.07, 6.45) is 3.35. The van der Waals surface area contributed by atoms with Gasteiger partial charge in [-0.15, -0.1) is 0 Å². The van der Waals surface area contributed by atoms with Crippen molar-refractivity contribution in [2.75, 3.05) is 7.11 Å². The fourth-order valence-electron chi connectivity index (χ4n) is 5.95. The minimum absolute atomic E-state index is 0.0910. The van der Waals surface area contributed by atoms with E-state index >= 15 is 0 Å². The van der Waals surface area contributed by atoms with Gasteiger partial charge in [0.2, 0.25) is 0 Å². The van der Waals surface area contributed by atoms with Gasteiger partial charge in [-0.3, -0.25) is 0 Å². The van der Waals surface area contributed by atoms with E-state index in [0.717, 1.165) is 12.8 Å². The second-order valence-electron chi connectivity index (χ2n) is 10.8. The standard InChI is InChI=1S/C31H34O4/c1-21-9-11-25(12-10-21)31(19-22(2)18-30(3,4)20-31)26-13-15-27(16-14-26)35-29(33)24-8-6-7-23(17-24)28(32)34-5/h6-17,22H,18-20H2,1-5H3. The molecule has 0 saturated heterocycles. The van der Waals surface area contributed by atoms with Crippen molar-refractivity contribution in [3.05, 3.63) is 101 Å². The number of rotatable bonds is 5. The van der Waals surface area contributed by atoms with Gasteiger partial charge >= 0.3 is 11.9 Å². The van der Waals surface area contributed by atoms with Crippen LogP contribution in [-0.2, 0) is 10.2 Å². The van der Waals surface area contributed by atoms with Gasteiger partial charge in [0.25, 0.3) is 0 Å². The summed E-state index contributed by atoms with van der Waals surface area (Å²) in [5.41, 5.74) is 4.58. The summed E-state index contributed by atoms with van der Waals surface area (Å²) in [5.74, 6) is 0.0725. The molecule has 0 radical (unpaired) electrons. The van der Waals surface area contributed by atoms with E-state index in [-0.39, 0.29) is 10.8 Å². The zero-order valence-corrected chi connectivity index (χ0v) is 21.3. The molecule has 3 aromatic rings. The van der Waals surface area contributed by atoms with E-state index in [9.17, 15) is 9.59 Å². The first-order valence-electron chi connectivity index (χ1n) is 12.2. The maximum Gasteiger partial charge on any atom is 0.343 e. The summed E-state index contributed by atoms with van der Waals surface area (Å²) in [4.78, 5) is 24.5. The molecular weight excluding hydrogens is 436 g/mol. The number of hydrogen-bond donors (Lipinski definition) is 0. The third-order valence-electron chi connectivity index (χ3n) is 7.12. The van der Waals surface area contributed by atoms with Gasteiger partial charge in [0.15, 0.2) is 0 Å². The quantitative estimate of drug-likeness (QED) is 0.294. The summed E-state index contributed by atoms with van der Waals surface area (Å²) in [7, 11) is 1.31. The minimum atomic E-state index is -0.510. The maximum atomic E-state index is 12.7. The van der Waals surface area contributed by atoms with Crippen LogP contribution in [0.4, 0.5) is 0 Å². The molecular formula is C31H34O4. The number of aryl methyl sites for hydroxylation is 1. The van der Waals surface area contributed by atoms with Gasteiger partial charge in [0, 0.05) is 5.41 Å². The Balaban J connectivity index is 1.63. The van der Waals surface area contributed by atoms with Crippen molar-refractivity contribution >= 4 is 11.9 Å². The number of carbonyl (C=O) groups is 2. The topological polar surface area (TPSA) is 52.6 Å². The highest BCUT2D eigenvalue weighted by molar-refractivity contribution is 5.96. The molecule has 2 atom stereocenters. The lowest BCUT2D eigenvalue weighted by Crippen LogP contribution is -2.41. The van der Waals surface area contributed by atoms with Crippen molar-refractivity contribution in [1.29, 1.82) is 0 Å². The smallest absolute Gasteiger partial charge is 0.343 e. The second-order valence-corrected chi connectivity index (χ2v) is 10.8. The molecule has 35 heavy (non-hydrogen) atoms. The number of esters is 2. The lowest BCUT2D eigenvalue weighted by Gasteiger charge is -2.48. The Morgan fingerprint density at radius 3 is 1.97 bits per heavy atom. The molecule has 4 rings (SSSR count). The Kier molecular flexibility index (Phi) is 6.84. The molecule has 0 aliphatic heterocycles. The molecule has 182 valence electrons. The molecule has 4 nitrogen and oxygen atoms in total. The van der Waals surface area contributed by atoms with E-state index in [1.54, 1.807) is 18.2 Å². The van der Waals surface area contributed by atoms with Gasteiger partial charge in [0.05, 0.1) is 18.2 Å². The molecule has 0 bridgehead atoms. The van der Waals surface area contributed by atoms with Gasteiger partial charge in [0.1, 0.15) is 5.75 Å². The third-order valence-corrected chi connectivity index (χ3v) is 7.12. The molecule has 3 aromatic carbocycles. The molecule has 0 amide bonds. The van der Waals surface area contributed by atoms with Gasteiger partial charge in [-0.05, 0) is 79.0 Å². The highest BCUT2D eigenvalue weighted by atomic mass is 16.5. The monoisotopic (exact) mass is 470 g/mol. The SMILES string of the molecule is COC(=O)c1cccc(C(=O)Oc2ccc(C3(c4ccc(C)cc4)CC(C)CC(C)(C)C3)cc2)c1. The van der Waals surface area contributed by atoms with Gasteiger partial charge in [-0.25, -0.2) is 9.59 Å². The van der Waals surface area contributed by atoms with Crippen LogP contribution in [0.2, 0.25) is 0 Å². The number of carbonyl (C=O) groups excluding carboxylic acids is 2. The molecule has 4 heteroatoms. The normalized spacial score (nSPS) is 21.2. The average Bonchev–Trinajstić information content (AvgIpc) is 2.83. The fourth-order valence-corrected chi connectivity index (χ4v) is 5.95. The molecule has 0 aromatic heterocycles. The van der Waals surface area contributed by atoms with Crippen LogP contribution < -0.4 is 4.74 Å². The van der Waals surface area contributed by atoms with Crippen LogP contribution in [0, 0.1) is 18.3 Å². The molecule has 0 N–H and O–H groups in total. The van der Waals surface area contributed by atoms with Crippen LogP contribution in [0.3, 0.4) is 0 Å². The number of ether oxygens (including phenoxy) is 2. The molecule has 1 saturated carbocycles. The first-order valence-corrected chi connectivity index (χ1v) is 12.2. The molecule has 0 heterocycles. The molecule has 2 unspecified atom stereocenters. The van der Waals surface area contributed by atoms with Gasteiger partial charge in [-0.2, -0.15) is 0 Å². The van der Waals surface area contributed by atoms with Crippen LogP contribution in [0.5, 0.6) is 5.75 Å². The first-order chi connectivity index (χ1) is 16.6. The van der Waals surface area contributed by atoms with E-state index in [2.05, 4.69) is 64.1 Å². The van der Waals surface area contributed by atoms with Crippen LogP contribution >= 0.6 is 0 Å². The number of hydrogen-bond acceptors (Lipinski definition) is 4. The second kappa shape index (κ2) is 9.69. The van der Waals surface area contributed by atoms with E-state index < -0.39 is 11.9 Å². The Labute approximate surface area is 208 Å². The molecule has 1 fully saturated rings. The Hall–Kier alpha value is -3.40. The van der Waals surface area contributed by atoms with Gasteiger partial charge < -0.3 is 9.47 Å². The maximum absolute atomic E-state index is 12.7. The predicted octanol–water partition coefficient (Wildman–Crippen LogP) is 7.13. The summed E-state index contributed by atoms with van der Waals surface area (Å²) in [5, 5.41) is 0. The van der Waals surface area contributed by atoms with E-state index in [4.69, 9.17) is 9.47 Å². The summed E-state index contributed by atoms with van der Waals surface area (Å²) in [6.45, 7) is 9.20. The van der Waals surface area contributed by atoms with Crippen LogP contribution in [0.1, 0.15) is 77.4 Å². The van der Waals surface area contributed by atoms with Crippen molar-refractivity contribution in [2.24, 2.45) is 11.3 Å². The Morgan fingerprint density at radius 2 is 1.40 bits per heavy atom. The van der Waals surface area contributed by atoms with Crippen molar-refractivity contribution in [3.8, 4) is 5.75 Å². The first kappa shape index (κ1) is 24.7. The largest absolute Gasteiger partial charge is 0.465 e. The van der Waals surface area contributed by atoms with E-state index in [0.29, 0.717) is 22.8 Å². The van der Waals surface area contributed by atoms with Crippen LogP contribution in [0.25, 0.3) is 0 Å². The fraction of sp³-hybridized carbons (Fsp3) is 0.355.